The van der Waals surface area contributed by atoms with Gasteiger partial charge in [0.15, 0.2) is 17.6 Å². The molecule has 1 amide bonds. The van der Waals surface area contributed by atoms with Gasteiger partial charge in [-0.1, -0.05) is 13.0 Å². The number of esters is 1. The molecule has 0 aliphatic rings. The molecule has 0 heterocycles. The molecule has 2 aromatic carbocycles. The van der Waals surface area contributed by atoms with Crippen LogP contribution in [-0.4, -0.2) is 46.4 Å². The minimum Gasteiger partial charge on any atom is -0.497 e. The van der Waals surface area contributed by atoms with Crippen LogP contribution in [0, 0.1) is 0 Å². The average Bonchev–Trinajstić information content (AvgIpc) is 2.76. The van der Waals surface area contributed by atoms with E-state index in [9.17, 15) is 9.59 Å². The lowest BCUT2D eigenvalue weighted by Gasteiger charge is -2.19. The maximum absolute atomic E-state index is 12.8. The number of carbonyl (C=O) groups excluding carboxylic acids is 2. The summed E-state index contributed by atoms with van der Waals surface area (Å²) in [6.07, 6.45) is -0.384. The minimum atomic E-state index is -0.791. The largest absolute Gasteiger partial charge is 0.497 e. The zero-order chi connectivity index (χ0) is 21.4. The Kier molecular flexibility index (Phi) is 7.70. The second kappa shape index (κ2) is 10.2. The molecular formula is C21H25NO7. The van der Waals surface area contributed by atoms with Gasteiger partial charge in [0.2, 0.25) is 0 Å². The van der Waals surface area contributed by atoms with Gasteiger partial charge in [0.25, 0.3) is 5.91 Å². The zero-order valence-corrected chi connectivity index (χ0v) is 17.1. The molecule has 8 nitrogen and oxygen atoms in total. The van der Waals surface area contributed by atoms with Crippen molar-refractivity contribution in [3.05, 3.63) is 42.0 Å². The van der Waals surface area contributed by atoms with Gasteiger partial charge in [0.05, 0.1) is 39.7 Å². The van der Waals surface area contributed by atoms with Gasteiger partial charge < -0.3 is 29.0 Å². The van der Waals surface area contributed by atoms with E-state index in [2.05, 4.69) is 5.32 Å². The highest BCUT2D eigenvalue weighted by Gasteiger charge is 2.23. The van der Waals surface area contributed by atoms with Crippen LogP contribution in [0.4, 0.5) is 5.69 Å². The van der Waals surface area contributed by atoms with Crippen molar-refractivity contribution in [1.82, 2.24) is 0 Å². The van der Waals surface area contributed by atoms with Crippen LogP contribution in [0.1, 0.15) is 23.7 Å². The molecule has 2 aromatic rings. The van der Waals surface area contributed by atoms with E-state index in [4.69, 9.17) is 23.7 Å². The Morgan fingerprint density at radius 3 is 2.17 bits per heavy atom. The number of hydrogen-bond acceptors (Lipinski definition) is 7. The molecule has 1 N–H and O–H groups in total. The summed E-state index contributed by atoms with van der Waals surface area (Å²) in [7, 11) is 5.72. The third kappa shape index (κ3) is 5.31. The molecule has 0 fully saturated rings. The summed E-state index contributed by atoms with van der Waals surface area (Å²) in [5.74, 6) is 0.760. The average molecular weight is 403 g/mol. The van der Waals surface area contributed by atoms with Crippen molar-refractivity contribution in [3.63, 3.8) is 0 Å². The smallest absolute Gasteiger partial charge is 0.340 e. The number of ether oxygens (including phenoxy) is 5. The standard InChI is InChI=1S/C21H25NO7/c1-6-17(29-14-9-7-8-13(10-14)25-2)20(23)22-16-12-19(27-4)18(26-3)11-15(16)21(24)28-5/h7-12,17H,6H2,1-5H3,(H,22,23). The summed E-state index contributed by atoms with van der Waals surface area (Å²) in [5.41, 5.74) is 0.363. The van der Waals surface area contributed by atoms with Gasteiger partial charge in [-0.25, -0.2) is 4.79 Å². The Labute approximate surface area is 169 Å². The third-order valence-electron chi connectivity index (χ3n) is 4.17. The van der Waals surface area contributed by atoms with Gasteiger partial charge in [0.1, 0.15) is 11.5 Å². The molecule has 1 atom stereocenters. The van der Waals surface area contributed by atoms with Gasteiger partial charge in [-0.3, -0.25) is 4.79 Å². The molecule has 0 bridgehead atoms. The summed E-state index contributed by atoms with van der Waals surface area (Å²) in [6.45, 7) is 1.82. The Morgan fingerprint density at radius 2 is 1.59 bits per heavy atom. The van der Waals surface area contributed by atoms with Crippen molar-refractivity contribution in [3.8, 4) is 23.0 Å². The van der Waals surface area contributed by atoms with Crippen molar-refractivity contribution in [2.45, 2.75) is 19.4 Å². The van der Waals surface area contributed by atoms with E-state index in [0.717, 1.165) is 0 Å². The number of amides is 1. The van der Waals surface area contributed by atoms with Crippen LogP contribution >= 0.6 is 0 Å². The summed E-state index contributed by atoms with van der Waals surface area (Å²) >= 11 is 0. The maximum atomic E-state index is 12.8. The van der Waals surface area contributed by atoms with Crippen LogP contribution in [0.15, 0.2) is 36.4 Å². The number of carbonyl (C=O) groups is 2. The maximum Gasteiger partial charge on any atom is 0.340 e. The molecule has 0 spiro atoms. The molecule has 156 valence electrons. The highest BCUT2D eigenvalue weighted by molar-refractivity contribution is 6.03. The first-order valence-corrected chi connectivity index (χ1v) is 8.93. The highest BCUT2D eigenvalue weighted by Crippen LogP contribution is 2.34. The number of rotatable bonds is 9. The molecule has 0 aliphatic heterocycles. The van der Waals surface area contributed by atoms with E-state index in [0.29, 0.717) is 29.4 Å². The first-order chi connectivity index (χ1) is 14.0. The van der Waals surface area contributed by atoms with E-state index in [1.54, 1.807) is 31.4 Å². The van der Waals surface area contributed by atoms with Crippen LogP contribution < -0.4 is 24.3 Å². The number of anilines is 1. The van der Waals surface area contributed by atoms with Crippen LogP contribution in [0.3, 0.4) is 0 Å². The summed E-state index contributed by atoms with van der Waals surface area (Å²) in [6, 6.07) is 9.91. The quantitative estimate of drug-likeness (QED) is 0.642. The van der Waals surface area contributed by atoms with Crippen LogP contribution in [0.25, 0.3) is 0 Å². The summed E-state index contributed by atoms with van der Waals surface area (Å²) in [4.78, 5) is 25.0. The molecule has 8 heteroatoms. The van der Waals surface area contributed by atoms with Gasteiger partial charge in [-0.05, 0) is 18.6 Å². The lowest BCUT2D eigenvalue weighted by molar-refractivity contribution is -0.122. The number of methoxy groups -OCH3 is 4. The van der Waals surface area contributed by atoms with E-state index in [1.165, 1.54) is 33.5 Å². The first-order valence-electron chi connectivity index (χ1n) is 8.93. The first kappa shape index (κ1) is 21.9. The molecule has 0 radical (unpaired) electrons. The second-order valence-corrected chi connectivity index (χ2v) is 5.93. The molecule has 0 aromatic heterocycles. The SMILES string of the molecule is CCC(Oc1cccc(OC)c1)C(=O)Nc1cc(OC)c(OC)cc1C(=O)OC. The molecule has 0 saturated heterocycles. The van der Waals surface area contributed by atoms with Crippen molar-refractivity contribution in [2.75, 3.05) is 33.8 Å². The second-order valence-electron chi connectivity index (χ2n) is 5.93. The summed E-state index contributed by atoms with van der Waals surface area (Å²) in [5, 5.41) is 2.72. The predicted octanol–water partition coefficient (Wildman–Crippen LogP) is 3.30. The van der Waals surface area contributed by atoms with Crippen molar-refractivity contribution < 1.29 is 33.3 Å². The van der Waals surface area contributed by atoms with E-state index >= 15 is 0 Å². The molecule has 29 heavy (non-hydrogen) atoms. The molecule has 0 saturated carbocycles. The Morgan fingerprint density at radius 1 is 0.931 bits per heavy atom. The van der Waals surface area contributed by atoms with E-state index in [-0.39, 0.29) is 11.3 Å². The molecule has 0 aliphatic carbocycles. The fourth-order valence-electron chi connectivity index (χ4n) is 2.64. The number of benzene rings is 2. The highest BCUT2D eigenvalue weighted by atomic mass is 16.5. The lowest BCUT2D eigenvalue weighted by atomic mass is 10.1. The van der Waals surface area contributed by atoms with Gasteiger partial charge in [-0.2, -0.15) is 0 Å². The van der Waals surface area contributed by atoms with Crippen LogP contribution in [0.2, 0.25) is 0 Å². The van der Waals surface area contributed by atoms with Crippen LogP contribution in [0.5, 0.6) is 23.0 Å². The normalized spacial score (nSPS) is 11.2. The fraction of sp³-hybridized carbons (Fsp3) is 0.333. The summed E-state index contributed by atoms with van der Waals surface area (Å²) < 4.78 is 26.3. The molecular weight excluding hydrogens is 378 g/mol. The monoisotopic (exact) mass is 403 g/mol. The molecule has 1 unspecified atom stereocenters. The van der Waals surface area contributed by atoms with Crippen molar-refractivity contribution >= 4 is 17.6 Å². The van der Waals surface area contributed by atoms with Gasteiger partial charge in [-0.15, -0.1) is 0 Å². The van der Waals surface area contributed by atoms with E-state index < -0.39 is 18.0 Å². The number of nitrogens with one attached hydrogen (secondary N) is 1. The number of hydrogen-bond donors (Lipinski definition) is 1. The van der Waals surface area contributed by atoms with E-state index in [1.807, 2.05) is 6.92 Å². The Bertz CT molecular complexity index is 866. The Balaban J connectivity index is 2.29. The van der Waals surface area contributed by atoms with Crippen LogP contribution in [-0.2, 0) is 9.53 Å². The third-order valence-corrected chi connectivity index (χ3v) is 4.17. The van der Waals surface area contributed by atoms with Gasteiger partial charge in [0, 0.05) is 18.2 Å². The van der Waals surface area contributed by atoms with Gasteiger partial charge >= 0.3 is 5.97 Å². The fourth-order valence-corrected chi connectivity index (χ4v) is 2.64. The topological polar surface area (TPSA) is 92.3 Å². The van der Waals surface area contributed by atoms with Crippen molar-refractivity contribution in [1.29, 1.82) is 0 Å². The predicted molar refractivity (Wildman–Crippen MR) is 107 cm³/mol. The van der Waals surface area contributed by atoms with Crippen molar-refractivity contribution in [2.24, 2.45) is 0 Å². The lowest BCUT2D eigenvalue weighted by Crippen LogP contribution is -2.33. The molecule has 2 rings (SSSR count). The zero-order valence-electron chi connectivity index (χ0n) is 17.1. The minimum absolute atomic E-state index is 0.134. The Hall–Kier alpha value is -3.42.